The van der Waals surface area contributed by atoms with Crippen LogP contribution in [0.5, 0.6) is 0 Å². The van der Waals surface area contributed by atoms with E-state index in [1.54, 1.807) is 0 Å². The number of hydrogen-bond acceptors (Lipinski definition) is 4. The molecule has 1 fully saturated rings. The molecule has 6 heteroatoms. The van der Waals surface area contributed by atoms with Crippen LogP contribution in [0.3, 0.4) is 0 Å². The first-order chi connectivity index (χ1) is 12.8. The van der Waals surface area contributed by atoms with Crippen molar-refractivity contribution in [2.24, 2.45) is 5.92 Å². The van der Waals surface area contributed by atoms with Crippen LogP contribution in [0.4, 0.5) is 5.69 Å². The lowest BCUT2D eigenvalue weighted by Gasteiger charge is -2.16. The molecule has 1 aromatic heterocycles. The smallest absolute Gasteiger partial charge is 0.228 e. The van der Waals surface area contributed by atoms with Crippen molar-refractivity contribution in [1.29, 1.82) is 0 Å². The number of rotatable bonds is 5. The minimum absolute atomic E-state index is 0.0349. The molecule has 1 saturated heterocycles. The van der Waals surface area contributed by atoms with Gasteiger partial charge in [-0.2, -0.15) is 5.10 Å². The molecule has 2 N–H and O–H groups in total. The van der Waals surface area contributed by atoms with Crippen LogP contribution in [-0.4, -0.2) is 39.1 Å². The van der Waals surface area contributed by atoms with Gasteiger partial charge < -0.3 is 5.32 Å². The summed E-state index contributed by atoms with van der Waals surface area (Å²) in [7, 11) is 0. The highest BCUT2D eigenvalue weighted by molar-refractivity contribution is 5.93. The fraction of sp³-hybridized carbons (Fsp3) is 0.250. The molecule has 3 aromatic rings. The molecule has 6 nitrogen and oxygen atoms in total. The predicted octanol–water partition coefficient (Wildman–Crippen LogP) is 2.93. The van der Waals surface area contributed by atoms with Crippen LogP contribution in [0.1, 0.15) is 12.0 Å². The van der Waals surface area contributed by atoms with Gasteiger partial charge in [0.1, 0.15) is 6.33 Å². The third kappa shape index (κ3) is 3.81. The number of aromatic amines is 1. The van der Waals surface area contributed by atoms with Gasteiger partial charge in [-0.05, 0) is 42.8 Å². The number of amides is 1. The van der Waals surface area contributed by atoms with Crippen LogP contribution in [0.2, 0.25) is 0 Å². The highest BCUT2D eigenvalue weighted by Crippen LogP contribution is 2.22. The summed E-state index contributed by atoms with van der Waals surface area (Å²) in [5, 5.41) is 9.71. The van der Waals surface area contributed by atoms with Crippen molar-refractivity contribution >= 4 is 11.6 Å². The molecule has 132 valence electrons. The number of nitrogens with zero attached hydrogens (tertiary/aromatic N) is 3. The van der Waals surface area contributed by atoms with Crippen molar-refractivity contribution in [3.05, 3.63) is 66.5 Å². The minimum Gasteiger partial charge on any atom is -0.326 e. The third-order valence-corrected chi connectivity index (χ3v) is 4.73. The topological polar surface area (TPSA) is 73.9 Å². The van der Waals surface area contributed by atoms with Crippen molar-refractivity contribution < 1.29 is 4.79 Å². The largest absolute Gasteiger partial charge is 0.326 e. The normalized spacial score (nSPS) is 17.3. The van der Waals surface area contributed by atoms with Gasteiger partial charge in [0.15, 0.2) is 5.82 Å². The van der Waals surface area contributed by atoms with Crippen LogP contribution < -0.4 is 5.32 Å². The van der Waals surface area contributed by atoms with Gasteiger partial charge in [-0.25, -0.2) is 4.98 Å². The van der Waals surface area contributed by atoms with Crippen LogP contribution in [0.25, 0.3) is 11.4 Å². The van der Waals surface area contributed by atoms with Gasteiger partial charge in [0.2, 0.25) is 5.91 Å². The number of likely N-dealkylation sites (tertiary alicyclic amines) is 1. The Balaban J connectivity index is 1.32. The van der Waals surface area contributed by atoms with E-state index in [9.17, 15) is 4.79 Å². The Morgan fingerprint density at radius 3 is 2.69 bits per heavy atom. The molecule has 1 unspecified atom stereocenters. The summed E-state index contributed by atoms with van der Waals surface area (Å²) in [6.45, 7) is 2.66. The van der Waals surface area contributed by atoms with E-state index in [2.05, 4.69) is 49.7 Å². The lowest BCUT2D eigenvalue weighted by molar-refractivity contribution is -0.119. The summed E-state index contributed by atoms with van der Waals surface area (Å²) >= 11 is 0. The van der Waals surface area contributed by atoms with Crippen molar-refractivity contribution in [3.63, 3.8) is 0 Å². The summed E-state index contributed by atoms with van der Waals surface area (Å²) in [6.07, 6.45) is 2.38. The molecule has 26 heavy (non-hydrogen) atoms. The van der Waals surface area contributed by atoms with Gasteiger partial charge in [0.25, 0.3) is 0 Å². The molecule has 0 saturated carbocycles. The van der Waals surface area contributed by atoms with E-state index >= 15 is 0 Å². The zero-order valence-electron chi connectivity index (χ0n) is 14.4. The maximum atomic E-state index is 12.6. The Morgan fingerprint density at radius 2 is 1.96 bits per heavy atom. The molecule has 4 rings (SSSR count). The number of H-pyrrole nitrogens is 1. The van der Waals surface area contributed by atoms with Crippen LogP contribution in [0.15, 0.2) is 60.9 Å². The number of nitrogens with one attached hydrogen (secondary N) is 2. The molecule has 1 amide bonds. The predicted molar refractivity (Wildman–Crippen MR) is 100 cm³/mol. The highest BCUT2D eigenvalue weighted by atomic mass is 16.1. The molecular weight excluding hydrogens is 326 g/mol. The number of carbonyl (C=O) groups excluding carboxylic acids is 1. The third-order valence-electron chi connectivity index (χ3n) is 4.73. The quantitative estimate of drug-likeness (QED) is 0.744. The summed E-state index contributed by atoms with van der Waals surface area (Å²) < 4.78 is 0. The van der Waals surface area contributed by atoms with E-state index in [4.69, 9.17) is 0 Å². The second-order valence-electron chi connectivity index (χ2n) is 6.61. The SMILES string of the molecule is O=C(Nc1ccc(-c2ncn[nH]2)cc1)C1CCN(Cc2ccccc2)C1. The Bertz CT molecular complexity index is 846. The Kier molecular flexibility index (Phi) is 4.75. The highest BCUT2D eigenvalue weighted by Gasteiger charge is 2.28. The number of aromatic nitrogens is 3. The molecule has 2 heterocycles. The fourth-order valence-electron chi connectivity index (χ4n) is 3.33. The maximum absolute atomic E-state index is 12.6. The minimum atomic E-state index is 0.0349. The molecule has 0 radical (unpaired) electrons. The molecule has 1 aliphatic heterocycles. The lowest BCUT2D eigenvalue weighted by Crippen LogP contribution is -2.26. The second kappa shape index (κ2) is 7.49. The van der Waals surface area contributed by atoms with Crippen LogP contribution in [-0.2, 0) is 11.3 Å². The van der Waals surface area contributed by atoms with E-state index in [1.165, 1.54) is 11.9 Å². The van der Waals surface area contributed by atoms with Gasteiger partial charge in [0, 0.05) is 24.3 Å². The lowest BCUT2D eigenvalue weighted by atomic mass is 10.1. The molecule has 0 bridgehead atoms. The standard InChI is InChI=1S/C20H21N5O/c26-20(17-10-11-25(13-17)12-15-4-2-1-3-5-15)23-18-8-6-16(7-9-18)19-21-14-22-24-19/h1-9,14,17H,10-13H2,(H,23,26)(H,21,22,24). The van der Waals surface area contributed by atoms with E-state index < -0.39 is 0 Å². The van der Waals surface area contributed by atoms with Crippen molar-refractivity contribution in [1.82, 2.24) is 20.1 Å². The summed E-state index contributed by atoms with van der Waals surface area (Å²) in [5.74, 6) is 0.843. The van der Waals surface area contributed by atoms with Crippen molar-refractivity contribution in [3.8, 4) is 11.4 Å². The van der Waals surface area contributed by atoms with Gasteiger partial charge in [-0.15, -0.1) is 0 Å². The van der Waals surface area contributed by atoms with E-state index in [-0.39, 0.29) is 11.8 Å². The zero-order valence-corrected chi connectivity index (χ0v) is 14.4. The van der Waals surface area contributed by atoms with Crippen LogP contribution in [0, 0.1) is 5.92 Å². The van der Waals surface area contributed by atoms with E-state index in [0.717, 1.165) is 43.1 Å². The number of hydrogen-bond donors (Lipinski definition) is 2. The number of benzene rings is 2. The van der Waals surface area contributed by atoms with Gasteiger partial charge in [-0.3, -0.25) is 14.8 Å². The average Bonchev–Trinajstić information content (AvgIpc) is 3.35. The molecule has 1 aliphatic rings. The van der Waals surface area contributed by atoms with Crippen LogP contribution >= 0.6 is 0 Å². The maximum Gasteiger partial charge on any atom is 0.228 e. The number of carbonyl (C=O) groups is 1. The second-order valence-corrected chi connectivity index (χ2v) is 6.61. The molecule has 0 aliphatic carbocycles. The Hall–Kier alpha value is -2.99. The Labute approximate surface area is 152 Å². The van der Waals surface area contributed by atoms with Crippen molar-refractivity contribution in [2.75, 3.05) is 18.4 Å². The monoisotopic (exact) mass is 347 g/mol. The average molecular weight is 347 g/mol. The first-order valence-electron chi connectivity index (χ1n) is 8.81. The first kappa shape index (κ1) is 16.5. The van der Waals surface area contributed by atoms with E-state index in [1.807, 2.05) is 30.3 Å². The number of anilines is 1. The summed E-state index contributed by atoms with van der Waals surface area (Å²) in [5.41, 5.74) is 3.03. The molecule has 0 spiro atoms. The van der Waals surface area contributed by atoms with Crippen molar-refractivity contribution in [2.45, 2.75) is 13.0 Å². The van der Waals surface area contributed by atoms with Gasteiger partial charge >= 0.3 is 0 Å². The summed E-state index contributed by atoms with van der Waals surface area (Å²) in [6, 6.07) is 18.0. The Morgan fingerprint density at radius 1 is 1.15 bits per heavy atom. The van der Waals surface area contributed by atoms with Gasteiger partial charge in [-0.1, -0.05) is 30.3 Å². The molecular formula is C20H21N5O. The molecule has 1 atom stereocenters. The zero-order chi connectivity index (χ0) is 17.8. The summed E-state index contributed by atoms with van der Waals surface area (Å²) in [4.78, 5) is 19.0. The fourth-order valence-corrected chi connectivity index (χ4v) is 3.33. The molecule has 2 aromatic carbocycles. The van der Waals surface area contributed by atoms with E-state index in [0.29, 0.717) is 0 Å². The van der Waals surface area contributed by atoms with Gasteiger partial charge in [0.05, 0.1) is 5.92 Å². The first-order valence-corrected chi connectivity index (χ1v) is 8.81.